The number of hydrogen-bond donors (Lipinski definition) is 0. The summed E-state index contributed by atoms with van der Waals surface area (Å²) in [6.07, 6.45) is 7.48. The molecule has 0 spiro atoms. The summed E-state index contributed by atoms with van der Waals surface area (Å²) < 4.78 is 38.1. The Labute approximate surface area is 173 Å². The quantitative estimate of drug-likeness (QED) is 0.532. The van der Waals surface area contributed by atoms with Gasteiger partial charge >= 0.3 is 5.97 Å². The van der Waals surface area contributed by atoms with Crippen LogP contribution < -0.4 is 0 Å². The third kappa shape index (κ3) is 4.54. The van der Waals surface area contributed by atoms with E-state index < -0.39 is 21.1 Å². The van der Waals surface area contributed by atoms with E-state index in [9.17, 15) is 13.2 Å². The van der Waals surface area contributed by atoms with Crippen molar-refractivity contribution in [3.63, 3.8) is 0 Å². The molecule has 3 unspecified atom stereocenters. The number of ether oxygens (including phenoxy) is 2. The standard InChI is InChI=1S/C23H28O5S/c1-4-27-22(24)13-12-18-9-7-8-16(2)19-10-5-6-11-20(19)23(18)29(25,26)21-14-15-28-17(21)3/h5-7,9-13,16-17,21H,4,8,14-15H2,1-3H3. The van der Waals surface area contributed by atoms with Crippen LogP contribution in [-0.4, -0.2) is 39.0 Å². The first-order chi connectivity index (χ1) is 13.9. The van der Waals surface area contributed by atoms with Crippen LogP contribution in [0.5, 0.6) is 0 Å². The summed E-state index contributed by atoms with van der Waals surface area (Å²) in [7, 11) is -3.70. The van der Waals surface area contributed by atoms with Gasteiger partial charge in [-0.25, -0.2) is 13.2 Å². The maximum absolute atomic E-state index is 13.8. The maximum Gasteiger partial charge on any atom is 0.330 e. The highest BCUT2D eigenvalue weighted by Crippen LogP contribution is 2.39. The third-order valence-corrected chi connectivity index (χ3v) is 7.90. The predicted molar refractivity (Wildman–Crippen MR) is 114 cm³/mol. The van der Waals surface area contributed by atoms with Gasteiger partial charge in [0.1, 0.15) is 0 Å². The molecule has 1 aliphatic carbocycles. The molecule has 156 valence electrons. The molecule has 3 atom stereocenters. The van der Waals surface area contributed by atoms with E-state index in [4.69, 9.17) is 9.47 Å². The lowest BCUT2D eigenvalue weighted by molar-refractivity contribution is -0.137. The van der Waals surface area contributed by atoms with Crippen molar-refractivity contribution < 1.29 is 22.7 Å². The molecular weight excluding hydrogens is 388 g/mol. The third-order valence-electron chi connectivity index (χ3n) is 5.46. The number of hydrogen-bond acceptors (Lipinski definition) is 5. The molecule has 29 heavy (non-hydrogen) atoms. The molecule has 1 heterocycles. The number of rotatable bonds is 5. The summed E-state index contributed by atoms with van der Waals surface area (Å²) in [6, 6.07) is 7.63. The predicted octanol–water partition coefficient (Wildman–Crippen LogP) is 4.17. The number of esters is 1. The van der Waals surface area contributed by atoms with E-state index in [0.29, 0.717) is 24.2 Å². The number of benzene rings is 1. The average Bonchev–Trinajstić information content (AvgIpc) is 3.12. The number of allylic oxidation sites excluding steroid dienone is 4. The summed E-state index contributed by atoms with van der Waals surface area (Å²) in [6.45, 7) is 6.32. The Hall–Kier alpha value is -2.18. The molecule has 0 saturated carbocycles. The van der Waals surface area contributed by atoms with Gasteiger partial charge in [-0.15, -0.1) is 0 Å². The fourth-order valence-electron chi connectivity index (χ4n) is 3.96. The second kappa shape index (κ2) is 9.09. The first kappa shape index (κ1) is 21.5. The number of carbonyl (C=O) groups is 1. The van der Waals surface area contributed by atoms with Crippen molar-refractivity contribution in [1.82, 2.24) is 0 Å². The summed E-state index contributed by atoms with van der Waals surface area (Å²) in [5.41, 5.74) is 2.19. The summed E-state index contributed by atoms with van der Waals surface area (Å²) in [5, 5.41) is -0.611. The van der Waals surface area contributed by atoms with Crippen molar-refractivity contribution in [2.24, 2.45) is 0 Å². The van der Waals surface area contributed by atoms with E-state index in [2.05, 4.69) is 6.92 Å². The Kier molecular flexibility index (Phi) is 6.75. The minimum Gasteiger partial charge on any atom is -0.463 e. The normalized spacial score (nSPS) is 25.0. The molecule has 0 aromatic heterocycles. The van der Waals surface area contributed by atoms with Crippen LogP contribution in [0.1, 0.15) is 50.7 Å². The van der Waals surface area contributed by atoms with E-state index in [-0.39, 0.29) is 23.5 Å². The Bertz CT molecular complexity index is 955. The van der Waals surface area contributed by atoms with Crippen molar-refractivity contribution in [2.75, 3.05) is 13.2 Å². The molecule has 5 nitrogen and oxygen atoms in total. The van der Waals surface area contributed by atoms with Crippen LogP contribution in [0.4, 0.5) is 0 Å². The van der Waals surface area contributed by atoms with Gasteiger partial charge in [0.15, 0.2) is 9.84 Å². The van der Waals surface area contributed by atoms with Gasteiger partial charge in [-0.05, 0) is 55.4 Å². The first-order valence-corrected chi connectivity index (χ1v) is 11.6. The summed E-state index contributed by atoms with van der Waals surface area (Å²) in [5.74, 6) is -0.313. The second-order valence-corrected chi connectivity index (χ2v) is 9.55. The highest BCUT2D eigenvalue weighted by atomic mass is 32.2. The Morgan fingerprint density at radius 1 is 1.28 bits per heavy atom. The van der Waals surface area contributed by atoms with Gasteiger partial charge in [-0.3, -0.25) is 0 Å². The lowest BCUT2D eigenvalue weighted by atomic mass is 9.89. The Morgan fingerprint density at radius 2 is 2.03 bits per heavy atom. The molecule has 1 saturated heterocycles. The van der Waals surface area contributed by atoms with Gasteiger partial charge < -0.3 is 9.47 Å². The molecule has 0 N–H and O–H groups in total. The van der Waals surface area contributed by atoms with Crippen molar-refractivity contribution in [3.05, 3.63) is 65.3 Å². The van der Waals surface area contributed by atoms with Crippen LogP contribution in [0.2, 0.25) is 0 Å². The maximum atomic E-state index is 13.8. The van der Waals surface area contributed by atoms with Crippen LogP contribution in [0.15, 0.2) is 54.1 Å². The van der Waals surface area contributed by atoms with Crippen LogP contribution >= 0.6 is 0 Å². The largest absolute Gasteiger partial charge is 0.463 e. The molecule has 3 rings (SSSR count). The van der Waals surface area contributed by atoms with Crippen molar-refractivity contribution in [1.29, 1.82) is 0 Å². The number of carbonyl (C=O) groups excluding carboxylic acids is 1. The van der Waals surface area contributed by atoms with E-state index in [1.165, 1.54) is 6.08 Å². The van der Waals surface area contributed by atoms with E-state index in [0.717, 1.165) is 12.0 Å². The van der Waals surface area contributed by atoms with Crippen molar-refractivity contribution >= 4 is 20.7 Å². The van der Waals surface area contributed by atoms with Crippen LogP contribution in [0.3, 0.4) is 0 Å². The highest BCUT2D eigenvalue weighted by Gasteiger charge is 2.40. The molecule has 1 aromatic carbocycles. The lowest BCUT2D eigenvalue weighted by Crippen LogP contribution is -2.29. The molecule has 6 heteroatoms. The van der Waals surface area contributed by atoms with Crippen LogP contribution in [-0.2, 0) is 24.1 Å². The zero-order valence-corrected chi connectivity index (χ0v) is 17.9. The minimum atomic E-state index is -3.70. The Balaban J connectivity index is 2.24. The molecular formula is C23H28O5S. The van der Waals surface area contributed by atoms with E-state index in [1.54, 1.807) is 26.0 Å². The fraction of sp³-hybridized carbons (Fsp3) is 0.435. The summed E-state index contributed by atoms with van der Waals surface area (Å²) >= 11 is 0. The van der Waals surface area contributed by atoms with Gasteiger partial charge in [0, 0.05) is 12.7 Å². The molecule has 1 aromatic rings. The van der Waals surface area contributed by atoms with E-state index >= 15 is 0 Å². The van der Waals surface area contributed by atoms with Gasteiger partial charge in [0.2, 0.25) is 0 Å². The SMILES string of the molecule is CCOC(=O)C=CC1=C(S(=O)(=O)C2CCOC2C)c2ccccc2C(C)CC=C1. The van der Waals surface area contributed by atoms with E-state index in [1.807, 2.05) is 30.3 Å². The number of sulfone groups is 1. The monoisotopic (exact) mass is 416 g/mol. The minimum absolute atomic E-state index is 0.181. The smallest absolute Gasteiger partial charge is 0.330 e. The van der Waals surface area contributed by atoms with Crippen LogP contribution in [0, 0.1) is 0 Å². The molecule has 0 amide bonds. The van der Waals surface area contributed by atoms with Gasteiger partial charge in [-0.2, -0.15) is 0 Å². The van der Waals surface area contributed by atoms with Gasteiger partial charge in [0.05, 0.1) is 22.9 Å². The molecule has 0 bridgehead atoms. The number of fused-ring (bicyclic) bond motifs is 1. The zero-order chi connectivity index (χ0) is 21.0. The van der Waals surface area contributed by atoms with Crippen LogP contribution in [0.25, 0.3) is 4.91 Å². The summed E-state index contributed by atoms with van der Waals surface area (Å²) in [4.78, 5) is 12.1. The van der Waals surface area contributed by atoms with Crippen molar-refractivity contribution in [3.8, 4) is 0 Å². The molecule has 0 radical (unpaired) electrons. The topological polar surface area (TPSA) is 69.7 Å². The fourth-order valence-corrected chi connectivity index (χ4v) is 6.21. The van der Waals surface area contributed by atoms with Gasteiger partial charge in [0.25, 0.3) is 0 Å². The zero-order valence-electron chi connectivity index (χ0n) is 17.1. The Morgan fingerprint density at radius 3 is 2.72 bits per heavy atom. The lowest BCUT2D eigenvalue weighted by Gasteiger charge is -2.24. The first-order valence-electron chi connectivity index (χ1n) is 10.1. The molecule has 2 aliphatic rings. The van der Waals surface area contributed by atoms with Crippen molar-refractivity contribution in [2.45, 2.75) is 50.9 Å². The highest BCUT2D eigenvalue weighted by molar-refractivity contribution is 8.01. The second-order valence-electron chi connectivity index (χ2n) is 7.44. The molecule has 1 fully saturated rings. The molecule has 1 aliphatic heterocycles. The van der Waals surface area contributed by atoms with Gasteiger partial charge in [-0.1, -0.05) is 43.3 Å². The average molecular weight is 417 g/mol.